The molecule has 3 radical (unpaired) electrons. The third-order valence-electron chi connectivity index (χ3n) is 2.12. The van der Waals surface area contributed by atoms with Crippen molar-refractivity contribution >= 4 is 14.4 Å². The van der Waals surface area contributed by atoms with Crippen LogP contribution in [0.15, 0.2) is 24.0 Å². The van der Waals surface area contributed by atoms with Crippen LogP contribution in [-0.4, -0.2) is 41.3 Å². The molecular formula is C9H13BNO4. The van der Waals surface area contributed by atoms with Crippen LogP contribution in [0.4, 0.5) is 0 Å². The predicted molar refractivity (Wildman–Crippen MR) is 55.4 cm³/mol. The number of rotatable bonds is 3. The van der Waals surface area contributed by atoms with Gasteiger partial charge in [0, 0.05) is 21.3 Å². The highest BCUT2D eigenvalue weighted by molar-refractivity contribution is 5.75. The standard InChI is InChI=1S/C9H13NO4.B/c10-7(8(12)13)5-9(14)3-1-6(11)2-4-9;/h1-3,7,11,14H,4-5,10H2,(H,12,13);/t7-,9?;/m0./s1. The summed E-state index contributed by atoms with van der Waals surface area (Å²) in [6.45, 7) is 0. The summed E-state index contributed by atoms with van der Waals surface area (Å²) in [6, 6.07) is -1.10. The first kappa shape index (κ1) is 13.7. The van der Waals surface area contributed by atoms with Gasteiger partial charge in [-0.05, 0) is 18.2 Å². The van der Waals surface area contributed by atoms with Crippen molar-refractivity contribution in [3.8, 4) is 0 Å². The summed E-state index contributed by atoms with van der Waals surface area (Å²) in [7, 11) is 0. The van der Waals surface area contributed by atoms with Crippen LogP contribution in [-0.2, 0) is 4.79 Å². The minimum Gasteiger partial charge on any atom is -0.508 e. The molecule has 1 rings (SSSR count). The highest BCUT2D eigenvalue weighted by Gasteiger charge is 2.30. The van der Waals surface area contributed by atoms with Gasteiger partial charge in [-0.2, -0.15) is 0 Å². The second-order valence-electron chi connectivity index (χ2n) is 3.42. The van der Waals surface area contributed by atoms with Gasteiger partial charge in [-0.1, -0.05) is 0 Å². The Balaban J connectivity index is 0.00000196. The first-order chi connectivity index (χ1) is 6.43. The number of aliphatic hydroxyl groups excluding tert-OH is 1. The number of aliphatic hydroxyl groups is 2. The van der Waals surface area contributed by atoms with Crippen molar-refractivity contribution in [3.05, 3.63) is 24.0 Å². The molecule has 0 spiro atoms. The van der Waals surface area contributed by atoms with Crippen molar-refractivity contribution in [2.24, 2.45) is 5.73 Å². The number of carbonyl (C=O) groups is 1. The molecule has 0 bridgehead atoms. The molecule has 0 saturated carbocycles. The van der Waals surface area contributed by atoms with Gasteiger partial charge in [-0.25, -0.2) is 0 Å². The highest BCUT2D eigenvalue weighted by Crippen LogP contribution is 2.24. The Hall–Kier alpha value is -1.27. The van der Waals surface area contributed by atoms with Gasteiger partial charge in [0.15, 0.2) is 0 Å². The van der Waals surface area contributed by atoms with Gasteiger partial charge in [0.1, 0.15) is 11.8 Å². The van der Waals surface area contributed by atoms with E-state index in [2.05, 4.69) is 0 Å². The van der Waals surface area contributed by atoms with Crippen LogP contribution >= 0.6 is 0 Å². The predicted octanol–water partition coefficient (Wildman–Crippen LogP) is -0.460. The topological polar surface area (TPSA) is 104 Å². The molecule has 0 aromatic carbocycles. The minimum absolute atomic E-state index is 0. The van der Waals surface area contributed by atoms with E-state index >= 15 is 0 Å². The van der Waals surface area contributed by atoms with Crippen LogP contribution in [0.25, 0.3) is 0 Å². The van der Waals surface area contributed by atoms with Gasteiger partial charge < -0.3 is 21.1 Å². The minimum atomic E-state index is -1.26. The summed E-state index contributed by atoms with van der Waals surface area (Å²) >= 11 is 0. The zero-order valence-electron chi connectivity index (χ0n) is 8.13. The molecule has 15 heavy (non-hydrogen) atoms. The SMILES string of the molecule is N[C@@H](CC1(O)C=CC(O)=CC1)C(=O)O.[B]. The number of carboxylic acids is 1. The maximum atomic E-state index is 10.5. The van der Waals surface area contributed by atoms with E-state index in [0.717, 1.165) is 0 Å². The maximum absolute atomic E-state index is 10.5. The van der Waals surface area contributed by atoms with Gasteiger partial charge in [-0.3, -0.25) is 4.79 Å². The summed E-state index contributed by atoms with van der Waals surface area (Å²) in [5.41, 5.74) is 4.03. The molecule has 1 aliphatic carbocycles. The van der Waals surface area contributed by atoms with Gasteiger partial charge in [0.2, 0.25) is 0 Å². The first-order valence-electron chi connectivity index (χ1n) is 4.22. The molecule has 81 valence electrons. The van der Waals surface area contributed by atoms with Crippen LogP contribution < -0.4 is 5.73 Å². The lowest BCUT2D eigenvalue weighted by Gasteiger charge is -2.27. The summed E-state index contributed by atoms with van der Waals surface area (Å²) in [5.74, 6) is -1.08. The van der Waals surface area contributed by atoms with Gasteiger partial charge >= 0.3 is 5.97 Å². The molecule has 1 aliphatic rings. The van der Waals surface area contributed by atoms with E-state index in [1.54, 1.807) is 0 Å². The van der Waals surface area contributed by atoms with Crippen molar-refractivity contribution in [1.82, 2.24) is 0 Å². The van der Waals surface area contributed by atoms with Crippen molar-refractivity contribution < 1.29 is 20.1 Å². The smallest absolute Gasteiger partial charge is 0.320 e. The summed E-state index contributed by atoms with van der Waals surface area (Å²) in [5, 5.41) is 27.4. The van der Waals surface area contributed by atoms with E-state index in [-0.39, 0.29) is 27.0 Å². The number of hydrogen-bond donors (Lipinski definition) is 4. The van der Waals surface area contributed by atoms with Crippen molar-refractivity contribution in [1.29, 1.82) is 0 Å². The van der Waals surface area contributed by atoms with E-state index < -0.39 is 17.6 Å². The molecule has 2 atom stereocenters. The normalized spacial score (nSPS) is 26.4. The Kier molecular flexibility index (Phi) is 4.57. The monoisotopic (exact) mass is 210 g/mol. The van der Waals surface area contributed by atoms with Crippen LogP contribution in [0.1, 0.15) is 12.8 Å². The second kappa shape index (κ2) is 5.00. The Bertz CT molecular complexity index is 302. The number of hydrogen-bond acceptors (Lipinski definition) is 4. The zero-order valence-corrected chi connectivity index (χ0v) is 8.13. The van der Waals surface area contributed by atoms with E-state index in [1.807, 2.05) is 0 Å². The highest BCUT2D eigenvalue weighted by atomic mass is 16.4. The molecule has 0 fully saturated rings. The third kappa shape index (κ3) is 3.77. The molecule has 0 amide bonds. The van der Waals surface area contributed by atoms with Crippen molar-refractivity contribution in [2.45, 2.75) is 24.5 Å². The number of allylic oxidation sites excluding steroid dienone is 1. The average Bonchev–Trinajstić information content (AvgIpc) is 2.10. The van der Waals surface area contributed by atoms with Crippen LogP contribution in [0, 0.1) is 0 Å². The fraction of sp³-hybridized carbons (Fsp3) is 0.444. The Morgan fingerprint density at radius 2 is 2.27 bits per heavy atom. The lowest BCUT2D eigenvalue weighted by molar-refractivity contribution is -0.139. The molecule has 0 aromatic heterocycles. The zero-order chi connectivity index (χ0) is 10.8. The maximum Gasteiger partial charge on any atom is 0.320 e. The third-order valence-corrected chi connectivity index (χ3v) is 2.12. The number of carboxylic acid groups (broad SMARTS) is 1. The summed E-state index contributed by atoms with van der Waals surface area (Å²) in [6.07, 6.45) is 4.23. The van der Waals surface area contributed by atoms with Crippen molar-refractivity contribution in [3.63, 3.8) is 0 Å². The number of aliphatic carboxylic acids is 1. The van der Waals surface area contributed by atoms with E-state index in [4.69, 9.17) is 15.9 Å². The molecule has 0 heterocycles. The molecule has 1 unspecified atom stereocenters. The largest absolute Gasteiger partial charge is 0.508 e. The van der Waals surface area contributed by atoms with E-state index in [1.165, 1.54) is 18.2 Å². The average molecular weight is 210 g/mol. The molecular weight excluding hydrogens is 197 g/mol. The molecule has 0 aromatic rings. The lowest BCUT2D eigenvalue weighted by Crippen LogP contribution is -2.40. The lowest BCUT2D eigenvalue weighted by atomic mass is 9.88. The van der Waals surface area contributed by atoms with Crippen LogP contribution in [0.2, 0.25) is 0 Å². The van der Waals surface area contributed by atoms with Gasteiger partial charge in [0.05, 0.1) is 5.60 Å². The molecule has 6 heteroatoms. The molecule has 0 aliphatic heterocycles. The van der Waals surface area contributed by atoms with Crippen molar-refractivity contribution in [2.75, 3.05) is 0 Å². The second-order valence-corrected chi connectivity index (χ2v) is 3.42. The number of nitrogens with two attached hydrogens (primary N) is 1. The quantitative estimate of drug-likeness (QED) is 0.472. The Labute approximate surface area is 89.5 Å². The van der Waals surface area contributed by atoms with E-state index in [9.17, 15) is 9.90 Å². The molecule has 0 saturated heterocycles. The molecule has 5 N–H and O–H groups in total. The summed E-state index contributed by atoms with van der Waals surface area (Å²) in [4.78, 5) is 10.5. The van der Waals surface area contributed by atoms with Crippen LogP contribution in [0.3, 0.4) is 0 Å². The van der Waals surface area contributed by atoms with Gasteiger partial charge in [0.25, 0.3) is 0 Å². The fourth-order valence-electron chi connectivity index (χ4n) is 1.28. The molecule has 5 nitrogen and oxygen atoms in total. The Morgan fingerprint density at radius 3 is 2.67 bits per heavy atom. The fourth-order valence-corrected chi connectivity index (χ4v) is 1.28. The first-order valence-corrected chi connectivity index (χ1v) is 4.22. The van der Waals surface area contributed by atoms with Gasteiger partial charge in [-0.15, -0.1) is 0 Å². The Morgan fingerprint density at radius 1 is 1.67 bits per heavy atom. The van der Waals surface area contributed by atoms with Crippen LogP contribution in [0.5, 0.6) is 0 Å². The summed E-state index contributed by atoms with van der Waals surface area (Å²) < 4.78 is 0. The van der Waals surface area contributed by atoms with E-state index in [0.29, 0.717) is 0 Å².